The molecule has 116 valence electrons. The molecule has 1 amide bonds. The summed E-state index contributed by atoms with van der Waals surface area (Å²) < 4.78 is 30.5. The zero-order valence-corrected chi connectivity index (χ0v) is 13.0. The molecule has 1 aromatic rings. The predicted octanol–water partition coefficient (Wildman–Crippen LogP) is 1.28. The van der Waals surface area contributed by atoms with Crippen molar-refractivity contribution in [2.24, 2.45) is 0 Å². The van der Waals surface area contributed by atoms with Crippen LogP contribution in [0.25, 0.3) is 0 Å². The normalized spacial score (nSPS) is 18.5. The average molecular weight is 312 g/mol. The van der Waals surface area contributed by atoms with Crippen LogP contribution in [0.4, 0.5) is 5.69 Å². The van der Waals surface area contributed by atoms with Gasteiger partial charge in [0.1, 0.15) is 0 Å². The largest absolute Gasteiger partial charge is 0.376 e. The summed E-state index contributed by atoms with van der Waals surface area (Å²) in [4.78, 5) is 12.2. The van der Waals surface area contributed by atoms with E-state index >= 15 is 0 Å². The first-order chi connectivity index (χ1) is 9.87. The molecule has 1 aliphatic rings. The van der Waals surface area contributed by atoms with Crippen LogP contribution in [0, 0.1) is 6.92 Å². The second kappa shape index (κ2) is 6.44. The molecule has 0 aliphatic carbocycles. The Labute approximate surface area is 124 Å². The fraction of sp³-hybridized carbons (Fsp3) is 0.500. The molecule has 1 saturated heterocycles. The van der Waals surface area contributed by atoms with Gasteiger partial charge in [-0.15, -0.1) is 0 Å². The third-order valence-corrected chi connectivity index (χ3v) is 3.98. The summed E-state index contributed by atoms with van der Waals surface area (Å²) in [5.74, 6) is -0.222. The third-order valence-electron chi connectivity index (χ3n) is 3.39. The van der Waals surface area contributed by atoms with Crippen molar-refractivity contribution >= 4 is 21.6 Å². The molecule has 1 heterocycles. The molecule has 21 heavy (non-hydrogen) atoms. The number of nitrogens with one attached hydrogen (secondary N) is 2. The van der Waals surface area contributed by atoms with E-state index in [1.54, 1.807) is 25.1 Å². The van der Waals surface area contributed by atoms with Crippen molar-refractivity contribution in [1.29, 1.82) is 0 Å². The van der Waals surface area contributed by atoms with Gasteiger partial charge in [-0.1, -0.05) is 6.07 Å². The highest BCUT2D eigenvalue weighted by Gasteiger charge is 2.18. The van der Waals surface area contributed by atoms with Crippen LogP contribution in [0.2, 0.25) is 0 Å². The molecule has 1 aromatic carbocycles. The molecule has 2 rings (SSSR count). The first kappa shape index (κ1) is 15.8. The van der Waals surface area contributed by atoms with E-state index in [1.807, 2.05) is 0 Å². The molecule has 0 aromatic heterocycles. The van der Waals surface area contributed by atoms with Crippen LogP contribution in [0.1, 0.15) is 28.8 Å². The lowest BCUT2D eigenvalue weighted by molar-refractivity contribution is 0.0857. The molecule has 0 saturated carbocycles. The first-order valence-electron chi connectivity index (χ1n) is 6.84. The van der Waals surface area contributed by atoms with E-state index in [0.29, 0.717) is 23.4 Å². The van der Waals surface area contributed by atoms with Crippen LogP contribution in [-0.2, 0) is 14.8 Å². The van der Waals surface area contributed by atoms with Gasteiger partial charge in [0.2, 0.25) is 10.0 Å². The van der Waals surface area contributed by atoms with E-state index in [0.717, 1.165) is 25.7 Å². The van der Waals surface area contributed by atoms with Crippen LogP contribution < -0.4 is 10.0 Å². The quantitative estimate of drug-likeness (QED) is 0.857. The lowest BCUT2D eigenvalue weighted by Crippen LogP contribution is -2.32. The Hall–Kier alpha value is -1.60. The minimum absolute atomic E-state index is 0.0755. The van der Waals surface area contributed by atoms with Crippen LogP contribution in [-0.4, -0.2) is 39.8 Å². The monoisotopic (exact) mass is 312 g/mol. The molecule has 6 nitrogen and oxygen atoms in total. The Morgan fingerprint density at radius 1 is 1.43 bits per heavy atom. The Kier molecular flexibility index (Phi) is 4.84. The maximum Gasteiger partial charge on any atom is 0.251 e. The van der Waals surface area contributed by atoms with Crippen molar-refractivity contribution in [3.05, 3.63) is 29.3 Å². The number of sulfonamides is 1. The summed E-state index contributed by atoms with van der Waals surface area (Å²) >= 11 is 0. The second-order valence-electron chi connectivity index (χ2n) is 5.20. The molecule has 1 fully saturated rings. The fourth-order valence-corrected chi connectivity index (χ4v) is 2.92. The lowest BCUT2D eigenvalue weighted by atomic mass is 10.1. The Bertz CT molecular complexity index is 622. The van der Waals surface area contributed by atoms with Crippen molar-refractivity contribution < 1.29 is 17.9 Å². The summed E-state index contributed by atoms with van der Waals surface area (Å²) in [7, 11) is -3.37. The van der Waals surface area contributed by atoms with E-state index in [-0.39, 0.29) is 12.0 Å². The topological polar surface area (TPSA) is 84.5 Å². The highest BCUT2D eigenvalue weighted by Crippen LogP contribution is 2.20. The van der Waals surface area contributed by atoms with Crippen molar-refractivity contribution in [2.75, 3.05) is 24.1 Å². The molecule has 0 bridgehead atoms. The minimum atomic E-state index is -3.37. The van der Waals surface area contributed by atoms with E-state index in [1.165, 1.54) is 0 Å². The standard InChI is InChI=1S/C14H20N2O4S/c1-10-12(6-3-7-13(10)16-21(2,18)19)14(17)15-9-11-5-4-8-20-11/h3,6-7,11,16H,4-5,8-9H2,1-2H3,(H,15,17)/t11-/m1/s1. The number of hydrogen-bond donors (Lipinski definition) is 2. The fourth-order valence-electron chi connectivity index (χ4n) is 2.30. The van der Waals surface area contributed by atoms with Crippen molar-refractivity contribution in [3.63, 3.8) is 0 Å². The molecule has 1 atom stereocenters. The van der Waals surface area contributed by atoms with Crippen LogP contribution in [0.3, 0.4) is 0 Å². The van der Waals surface area contributed by atoms with Gasteiger partial charge in [0.15, 0.2) is 0 Å². The maximum absolute atomic E-state index is 12.2. The Morgan fingerprint density at radius 2 is 2.19 bits per heavy atom. The van der Waals surface area contributed by atoms with Gasteiger partial charge in [0, 0.05) is 18.7 Å². The van der Waals surface area contributed by atoms with E-state index in [2.05, 4.69) is 10.0 Å². The van der Waals surface area contributed by atoms with Crippen LogP contribution in [0.15, 0.2) is 18.2 Å². The summed E-state index contributed by atoms with van der Waals surface area (Å²) in [6, 6.07) is 4.96. The van der Waals surface area contributed by atoms with Gasteiger partial charge >= 0.3 is 0 Å². The van der Waals surface area contributed by atoms with Crippen molar-refractivity contribution in [2.45, 2.75) is 25.9 Å². The molecular formula is C14H20N2O4S. The highest BCUT2D eigenvalue weighted by molar-refractivity contribution is 7.92. The maximum atomic E-state index is 12.2. The summed E-state index contributed by atoms with van der Waals surface area (Å²) in [5.41, 5.74) is 1.48. The van der Waals surface area contributed by atoms with Gasteiger partial charge in [-0.05, 0) is 37.5 Å². The molecule has 2 N–H and O–H groups in total. The van der Waals surface area contributed by atoms with Crippen molar-refractivity contribution in [3.8, 4) is 0 Å². The molecule has 0 radical (unpaired) electrons. The van der Waals surface area contributed by atoms with Crippen LogP contribution in [0.5, 0.6) is 0 Å². The Balaban J connectivity index is 2.08. The molecule has 0 spiro atoms. The van der Waals surface area contributed by atoms with Gasteiger partial charge in [-0.25, -0.2) is 8.42 Å². The zero-order valence-electron chi connectivity index (χ0n) is 12.2. The first-order valence-corrected chi connectivity index (χ1v) is 8.73. The molecule has 1 aliphatic heterocycles. The van der Waals surface area contributed by atoms with E-state index in [4.69, 9.17) is 4.74 Å². The summed E-state index contributed by atoms with van der Waals surface area (Å²) in [6.45, 7) is 2.93. The Morgan fingerprint density at radius 3 is 2.81 bits per heavy atom. The van der Waals surface area contributed by atoms with Gasteiger partial charge in [-0.2, -0.15) is 0 Å². The van der Waals surface area contributed by atoms with Crippen molar-refractivity contribution in [1.82, 2.24) is 5.32 Å². The number of hydrogen-bond acceptors (Lipinski definition) is 4. The van der Waals surface area contributed by atoms with E-state index in [9.17, 15) is 13.2 Å². The lowest BCUT2D eigenvalue weighted by Gasteiger charge is -2.14. The van der Waals surface area contributed by atoms with Gasteiger partial charge in [0.25, 0.3) is 5.91 Å². The highest BCUT2D eigenvalue weighted by atomic mass is 32.2. The number of amides is 1. The number of anilines is 1. The number of ether oxygens (including phenoxy) is 1. The van der Waals surface area contributed by atoms with E-state index < -0.39 is 10.0 Å². The summed E-state index contributed by atoms with van der Waals surface area (Å²) in [6.07, 6.45) is 3.13. The van der Waals surface area contributed by atoms with Gasteiger partial charge in [0.05, 0.1) is 18.0 Å². The SMILES string of the molecule is Cc1c(NS(C)(=O)=O)cccc1C(=O)NC[C@H]1CCCO1. The molecule has 0 unspecified atom stereocenters. The minimum Gasteiger partial charge on any atom is -0.376 e. The third kappa shape index (κ3) is 4.44. The summed E-state index contributed by atoms with van der Waals surface area (Å²) in [5, 5.41) is 2.83. The van der Waals surface area contributed by atoms with Gasteiger partial charge in [-0.3, -0.25) is 9.52 Å². The number of rotatable bonds is 5. The van der Waals surface area contributed by atoms with Crippen LogP contribution >= 0.6 is 0 Å². The average Bonchev–Trinajstić information content (AvgIpc) is 2.90. The smallest absolute Gasteiger partial charge is 0.251 e. The number of carbonyl (C=O) groups excluding carboxylic acids is 1. The number of benzene rings is 1. The second-order valence-corrected chi connectivity index (χ2v) is 6.95. The predicted molar refractivity (Wildman–Crippen MR) is 81.0 cm³/mol. The number of carbonyl (C=O) groups is 1. The zero-order chi connectivity index (χ0) is 15.5. The van der Waals surface area contributed by atoms with Gasteiger partial charge < -0.3 is 10.1 Å². The molecular weight excluding hydrogens is 292 g/mol. The molecule has 7 heteroatoms.